The Morgan fingerprint density at radius 2 is 2.00 bits per heavy atom. The molecule has 1 aliphatic heterocycles. The molecule has 0 unspecified atom stereocenters. The van der Waals surface area contributed by atoms with E-state index in [-0.39, 0.29) is 5.91 Å². The molecule has 1 heterocycles. The van der Waals surface area contributed by atoms with Gasteiger partial charge in [-0.3, -0.25) is 4.79 Å². The molecule has 1 aliphatic carbocycles. The van der Waals surface area contributed by atoms with Crippen LogP contribution in [-0.4, -0.2) is 19.2 Å². The first-order valence-electron chi connectivity index (χ1n) is 3.82. The van der Waals surface area contributed by atoms with Gasteiger partial charge in [0.05, 0.1) is 11.3 Å². The quantitative estimate of drug-likeness (QED) is 0.546. The molecule has 1 amide bonds. The molecule has 0 bridgehead atoms. The second-order valence-electron chi connectivity index (χ2n) is 2.95. The number of allylic oxidation sites excluding steroid dienone is 2. The Bertz CT molecular complexity index is 460. The minimum atomic E-state index is -2.17. The van der Waals surface area contributed by atoms with Gasteiger partial charge in [0.2, 0.25) is 16.2 Å². The zero-order valence-electron chi connectivity index (χ0n) is 6.70. The Kier molecular flexibility index (Phi) is 1.81. The van der Waals surface area contributed by atoms with Crippen LogP contribution < -0.4 is 5.32 Å². The number of rotatable bonds is 0. The zero-order chi connectivity index (χ0) is 9.42. The Morgan fingerprint density at radius 1 is 1.23 bits per heavy atom. The normalized spacial score (nSPS) is 20.3. The number of hydrogen-bond donors (Lipinski definition) is 1. The fourth-order valence-corrected chi connectivity index (χ4v) is 1.92. The lowest BCUT2D eigenvalue weighted by atomic mass is 10.0. The molecule has 13 heavy (non-hydrogen) atoms. The molecule has 0 saturated carbocycles. The van der Waals surface area contributed by atoms with E-state index in [0.717, 1.165) is 11.3 Å². The van der Waals surface area contributed by atoms with Gasteiger partial charge in [0.1, 0.15) is 0 Å². The van der Waals surface area contributed by atoms with E-state index in [1.807, 2.05) is 0 Å². The predicted octanol–water partition coefficient (Wildman–Crippen LogP) is -0.228. The van der Waals surface area contributed by atoms with Crippen molar-refractivity contribution in [2.45, 2.75) is 12.8 Å². The number of carbonyl (C=O) groups excluding carboxylic acids is 1. The van der Waals surface area contributed by atoms with Crippen molar-refractivity contribution in [2.24, 2.45) is 0 Å². The highest BCUT2D eigenvalue weighted by atomic mass is 32.2. The van der Waals surface area contributed by atoms with Crippen molar-refractivity contribution in [1.29, 1.82) is 0 Å². The molecule has 4 nitrogen and oxygen atoms in total. The van der Waals surface area contributed by atoms with E-state index in [1.54, 1.807) is 6.08 Å². The van der Waals surface area contributed by atoms with E-state index in [2.05, 4.69) is 5.32 Å². The fourth-order valence-electron chi connectivity index (χ4n) is 1.45. The first-order valence-corrected chi connectivity index (χ1v) is 4.89. The monoisotopic (exact) mass is 197 g/mol. The van der Waals surface area contributed by atoms with Crippen LogP contribution >= 0.6 is 0 Å². The summed E-state index contributed by atoms with van der Waals surface area (Å²) >= 11 is 0. The molecule has 0 fully saturated rings. The Balaban J connectivity index is 2.38. The topological polar surface area (TPSA) is 63.2 Å². The molecular weight excluding hydrogens is 190 g/mol. The SMILES string of the molecule is O=C1CC2=C(C=CC(=S(=O)=O)C2)N1. The second-order valence-corrected chi connectivity index (χ2v) is 3.95. The fraction of sp³-hybridized carbons (Fsp3) is 0.250. The van der Waals surface area contributed by atoms with Gasteiger partial charge in [-0.15, -0.1) is 0 Å². The van der Waals surface area contributed by atoms with Crippen molar-refractivity contribution in [1.82, 2.24) is 5.32 Å². The minimum Gasteiger partial charge on any atom is -0.326 e. The Labute approximate surface area is 76.5 Å². The average Bonchev–Trinajstić information content (AvgIpc) is 2.42. The van der Waals surface area contributed by atoms with E-state index in [9.17, 15) is 13.2 Å². The van der Waals surface area contributed by atoms with Crippen LogP contribution in [0.4, 0.5) is 0 Å². The van der Waals surface area contributed by atoms with Crippen LogP contribution in [0.2, 0.25) is 0 Å². The van der Waals surface area contributed by atoms with Crippen LogP contribution in [0.5, 0.6) is 0 Å². The van der Waals surface area contributed by atoms with Crippen LogP contribution in [0.1, 0.15) is 12.8 Å². The summed E-state index contributed by atoms with van der Waals surface area (Å²) in [6.07, 6.45) is 3.84. The average molecular weight is 197 g/mol. The van der Waals surface area contributed by atoms with Gasteiger partial charge in [-0.1, -0.05) is 0 Å². The molecule has 0 aromatic carbocycles. The smallest absolute Gasteiger partial charge is 0.228 e. The summed E-state index contributed by atoms with van der Waals surface area (Å²) in [4.78, 5) is 11.3. The lowest BCUT2D eigenvalue weighted by Gasteiger charge is -2.05. The molecule has 1 N–H and O–H groups in total. The van der Waals surface area contributed by atoms with E-state index < -0.39 is 10.3 Å². The molecule has 2 rings (SSSR count). The highest BCUT2D eigenvalue weighted by Crippen LogP contribution is 2.23. The van der Waals surface area contributed by atoms with Gasteiger partial charge in [-0.25, -0.2) is 0 Å². The Morgan fingerprint density at radius 3 is 2.69 bits per heavy atom. The first-order chi connectivity index (χ1) is 6.16. The van der Waals surface area contributed by atoms with Gasteiger partial charge in [-0.2, -0.15) is 8.42 Å². The van der Waals surface area contributed by atoms with Crippen molar-refractivity contribution in [2.75, 3.05) is 0 Å². The third-order valence-electron chi connectivity index (χ3n) is 2.07. The van der Waals surface area contributed by atoms with Crippen molar-refractivity contribution < 1.29 is 13.2 Å². The minimum absolute atomic E-state index is 0.0624. The summed E-state index contributed by atoms with van der Waals surface area (Å²) in [5.74, 6) is -0.0624. The largest absolute Gasteiger partial charge is 0.326 e. The number of hydrogen-bond acceptors (Lipinski definition) is 3. The highest BCUT2D eigenvalue weighted by molar-refractivity contribution is 7.73. The van der Waals surface area contributed by atoms with E-state index in [0.29, 0.717) is 17.7 Å². The summed E-state index contributed by atoms with van der Waals surface area (Å²) in [5.41, 5.74) is 1.63. The lowest BCUT2D eigenvalue weighted by molar-refractivity contribution is -0.118. The maximum Gasteiger partial charge on any atom is 0.228 e. The summed E-state index contributed by atoms with van der Waals surface area (Å²) in [6.45, 7) is 0. The highest BCUT2D eigenvalue weighted by Gasteiger charge is 2.22. The molecule has 2 aliphatic rings. The van der Waals surface area contributed by atoms with E-state index in [4.69, 9.17) is 0 Å². The van der Waals surface area contributed by atoms with Gasteiger partial charge in [-0.05, 0) is 17.7 Å². The standard InChI is InChI=1S/C8H7NO3S/c10-8-4-5-3-6(13(11)12)1-2-7(5)9-8/h1-2H,3-4H2,(H,9,10). The van der Waals surface area contributed by atoms with Crippen LogP contribution in [0.3, 0.4) is 0 Å². The first kappa shape index (κ1) is 8.25. The molecule has 0 aromatic heterocycles. The van der Waals surface area contributed by atoms with Crippen LogP contribution in [0.25, 0.3) is 0 Å². The van der Waals surface area contributed by atoms with E-state index >= 15 is 0 Å². The summed E-state index contributed by atoms with van der Waals surface area (Å²) in [7, 11) is -2.17. The van der Waals surface area contributed by atoms with Crippen LogP contribution in [0.15, 0.2) is 23.4 Å². The molecule has 0 aromatic rings. The van der Waals surface area contributed by atoms with Gasteiger partial charge in [0.15, 0.2) is 0 Å². The molecule has 68 valence electrons. The number of nitrogens with one attached hydrogen (secondary N) is 1. The van der Waals surface area contributed by atoms with Crippen LogP contribution in [-0.2, 0) is 15.1 Å². The van der Waals surface area contributed by atoms with Crippen molar-refractivity contribution in [3.05, 3.63) is 23.4 Å². The molecule has 0 saturated heterocycles. The third-order valence-corrected chi connectivity index (χ3v) is 2.78. The number of carbonyl (C=O) groups is 1. The molecule has 0 spiro atoms. The van der Waals surface area contributed by atoms with Gasteiger partial charge in [0, 0.05) is 12.1 Å². The maximum atomic E-state index is 10.9. The molecular formula is C8H7NO3S. The van der Waals surface area contributed by atoms with Gasteiger partial charge >= 0.3 is 0 Å². The summed E-state index contributed by atoms with van der Waals surface area (Å²) < 4.78 is 21.2. The van der Waals surface area contributed by atoms with E-state index in [1.165, 1.54) is 6.08 Å². The third kappa shape index (κ3) is 1.42. The Hall–Kier alpha value is -1.36. The predicted molar refractivity (Wildman–Crippen MR) is 47.5 cm³/mol. The van der Waals surface area contributed by atoms with Gasteiger partial charge < -0.3 is 5.32 Å². The molecule has 0 radical (unpaired) electrons. The summed E-state index contributed by atoms with van der Waals surface area (Å²) in [6, 6.07) is 0. The van der Waals surface area contributed by atoms with Crippen molar-refractivity contribution >= 4 is 21.1 Å². The lowest BCUT2D eigenvalue weighted by Crippen LogP contribution is -2.14. The maximum absolute atomic E-state index is 10.9. The second kappa shape index (κ2) is 2.85. The molecule has 0 atom stereocenters. The van der Waals surface area contributed by atoms with Crippen LogP contribution in [0, 0.1) is 0 Å². The summed E-state index contributed by atoms with van der Waals surface area (Å²) in [5, 5.41) is 2.65. The number of amides is 1. The van der Waals surface area contributed by atoms with Crippen molar-refractivity contribution in [3.63, 3.8) is 0 Å². The zero-order valence-corrected chi connectivity index (χ0v) is 7.52. The molecule has 5 heteroatoms. The van der Waals surface area contributed by atoms with Gasteiger partial charge in [0.25, 0.3) is 0 Å². The van der Waals surface area contributed by atoms with Crippen molar-refractivity contribution in [3.8, 4) is 0 Å².